The first-order valence-corrected chi connectivity index (χ1v) is 6.14. The SMILES string of the molecule is CN1CCCC(NC(=O)Nc2nncs2)C1. The smallest absolute Gasteiger partial charge is 0.321 e. The molecule has 0 saturated carbocycles. The highest BCUT2D eigenvalue weighted by Crippen LogP contribution is 2.10. The number of hydrogen-bond acceptors (Lipinski definition) is 5. The number of anilines is 1. The summed E-state index contributed by atoms with van der Waals surface area (Å²) >= 11 is 1.31. The Morgan fingerprint density at radius 2 is 2.56 bits per heavy atom. The van der Waals surface area contributed by atoms with Crippen LogP contribution in [-0.4, -0.2) is 47.3 Å². The van der Waals surface area contributed by atoms with Gasteiger partial charge in [-0.1, -0.05) is 11.3 Å². The number of piperidine rings is 1. The van der Waals surface area contributed by atoms with Gasteiger partial charge in [0, 0.05) is 12.6 Å². The number of carbonyl (C=O) groups excluding carboxylic acids is 1. The number of urea groups is 1. The van der Waals surface area contributed by atoms with E-state index in [9.17, 15) is 4.79 Å². The predicted molar refractivity (Wildman–Crippen MR) is 62.6 cm³/mol. The van der Waals surface area contributed by atoms with E-state index in [4.69, 9.17) is 0 Å². The third-order valence-electron chi connectivity index (χ3n) is 2.54. The van der Waals surface area contributed by atoms with Crippen molar-refractivity contribution >= 4 is 22.5 Å². The molecule has 1 aliphatic heterocycles. The molecule has 2 heterocycles. The number of nitrogens with one attached hydrogen (secondary N) is 2. The maximum absolute atomic E-state index is 11.6. The van der Waals surface area contributed by atoms with Gasteiger partial charge in [-0.3, -0.25) is 5.32 Å². The van der Waals surface area contributed by atoms with Crippen LogP contribution in [0.5, 0.6) is 0 Å². The normalized spacial score (nSPS) is 21.7. The maximum atomic E-state index is 11.6. The van der Waals surface area contributed by atoms with E-state index in [1.807, 2.05) is 0 Å². The Kier molecular flexibility index (Phi) is 3.68. The molecule has 0 spiro atoms. The van der Waals surface area contributed by atoms with Crippen molar-refractivity contribution in [3.8, 4) is 0 Å². The number of likely N-dealkylation sites (tertiary alicyclic amines) is 1. The molecule has 2 N–H and O–H groups in total. The number of hydrogen-bond donors (Lipinski definition) is 2. The van der Waals surface area contributed by atoms with Gasteiger partial charge in [0.05, 0.1) is 0 Å². The zero-order chi connectivity index (χ0) is 11.4. The molecule has 7 heteroatoms. The molecule has 1 unspecified atom stereocenters. The number of carbonyl (C=O) groups is 1. The third kappa shape index (κ3) is 3.14. The summed E-state index contributed by atoms with van der Waals surface area (Å²) in [6.45, 7) is 2.01. The van der Waals surface area contributed by atoms with Gasteiger partial charge in [-0.15, -0.1) is 10.2 Å². The fourth-order valence-corrected chi connectivity index (χ4v) is 2.27. The van der Waals surface area contributed by atoms with Crippen molar-refractivity contribution < 1.29 is 4.79 Å². The monoisotopic (exact) mass is 241 g/mol. The Bertz CT molecular complexity index is 342. The largest absolute Gasteiger partial charge is 0.334 e. The molecule has 0 radical (unpaired) electrons. The van der Waals surface area contributed by atoms with E-state index < -0.39 is 0 Å². The van der Waals surface area contributed by atoms with E-state index in [0.717, 1.165) is 25.9 Å². The zero-order valence-electron chi connectivity index (χ0n) is 9.14. The lowest BCUT2D eigenvalue weighted by Gasteiger charge is -2.29. The van der Waals surface area contributed by atoms with E-state index in [1.165, 1.54) is 11.3 Å². The minimum atomic E-state index is -0.197. The fourth-order valence-electron chi connectivity index (χ4n) is 1.83. The highest BCUT2D eigenvalue weighted by Gasteiger charge is 2.19. The van der Waals surface area contributed by atoms with Crippen molar-refractivity contribution in [2.24, 2.45) is 0 Å². The molecule has 1 fully saturated rings. The summed E-state index contributed by atoms with van der Waals surface area (Å²) in [5.41, 5.74) is 1.59. The van der Waals surface area contributed by atoms with Gasteiger partial charge in [0.2, 0.25) is 5.13 Å². The summed E-state index contributed by atoms with van der Waals surface area (Å²) in [6, 6.07) is 0.0312. The first-order chi connectivity index (χ1) is 7.74. The van der Waals surface area contributed by atoms with Crippen LogP contribution in [0, 0.1) is 0 Å². The maximum Gasteiger partial charge on any atom is 0.321 e. The van der Waals surface area contributed by atoms with E-state index in [1.54, 1.807) is 5.51 Å². The van der Waals surface area contributed by atoms with Crippen molar-refractivity contribution in [1.82, 2.24) is 20.4 Å². The first-order valence-electron chi connectivity index (χ1n) is 5.26. The number of rotatable bonds is 2. The minimum Gasteiger partial charge on any atom is -0.334 e. The van der Waals surface area contributed by atoms with Gasteiger partial charge < -0.3 is 10.2 Å². The standard InChI is InChI=1S/C9H15N5OS/c1-14-4-2-3-7(5-14)11-8(15)12-9-13-10-6-16-9/h6-7H,2-5H2,1H3,(H2,11,12,13,15). The van der Waals surface area contributed by atoms with Crippen LogP contribution in [0.2, 0.25) is 0 Å². The van der Waals surface area contributed by atoms with Crippen molar-refractivity contribution in [2.75, 3.05) is 25.5 Å². The molecule has 0 aromatic carbocycles. The molecule has 1 saturated heterocycles. The van der Waals surface area contributed by atoms with E-state index >= 15 is 0 Å². The van der Waals surface area contributed by atoms with Crippen molar-refractivity contribution in [3.05, 3.63) is 5.51 Å². The zero-order valence-corrected chi connectivity index (χ0v) is 9.96. The summed E-state index contributed by atoms with van der Waals surface area (Å²) in [5.74, 6) is 0. The summed E-state index contributed by atoms with van der Waals surface area (Å²) in [4.78, 5) is 13.8. The summed E-state index contributed by atoms with van der Waals surface area (Å²) in [6.07, 6.45) is 2.16. The molecule has 1 atom stereocenters. The van der Waals surface area contributed by atoms with E-state index in [0.29, 0.717) is 5.13 Å². The van der Waals surface area contributed by atoms with Crippen LogP contribution in [0.25, 0.3) is 0 Å². The van der Waals surface area contributed by atoms with Gasteiger partial charge in [-0.2, -0.15) is 0 Å². The highest BCUT2D eigenvalue weighted by molar-refractivity contribution is 7.13. The average Bonchev–Trinajstić information content (AvgIpc) is 2.70. The third-order valence-corrected chi connectivity index (χ3v) is 3.15. The number of aromatic nitrogens is 2. The molecule has 1 aromatic heterocycles. The molecule has 1 aromatic rings. The summed E-state index contributed by atoms with van der Waals surface area (Å²) in [5, 5.41) is 13.5. The molecule has 2 amide bonds. The lowest BCUT2D eigenvalue weighted by atomic mass is 10.1. The summed E-state index contributed by atoms with van der Waals surface area (Å²) in [7, 11) is 2.07. The van der Waals surface area contributed by atoms with Crippen molar-refractivity contribution in [1.29, 1.82) is 0 Å². The predicted octanol–water partition coefficient (Wildman–Crippen LogP) is 0.754. The molecule has 88 valence electrons. The summed E-state index contributed by atoms with van der Waals surface area (Å²) < 4.78 is 0. The molecular formula is C9H15N5OS. The van der Waals surface area contributed by atoms with Gasteiger partial charge >= 0.3 is 6.03 Å². The minimum absolute atomic E-state index is 0.197. The van der Waals surface area contributed by atoms with Gasteiger partial charge in [0.15, 0.2) is 0 Å². The molecule has 2 rings (SSSR count). The van der Waals surface area contributed by atoms with E-state index in [2.05, 4.69) is 32.8 Å². The van der Waals surface area contributed by atoms with Crippen LogP contribution in [0.4, 0.5) is 9.93 Å². The van der Waals surface area contributed by atoms with Crippen LogP contribution >= 0.6 is 11.3 Å². The molecule has 16 heavy (non-hydrogen) atoms. The quantitative estimate of drug-likeness (QED) is 0.801. The molecule has 6 nitrogen and oxygen atoms in total. The lowest BCUT2D eigenvalue weighted by Crippen LogP contribution is -2.47. The van der Waals surface area contributed by atoms with Gasteiger partial charge in [-0.25, -0.2) is 4.79 Å². The second-order valence-electron chi connectivity index (χ2n) is 3.94. The van der Waals surface area contributed by atoms with Gasteiger partial charge in [0.1, 0.15) is 5.51 Å². The Morgan fingerprint density at radius 1 is 1.69 bits per heavy atom. The van der Waals surface area contributed by atoms with Gasteiger partial charge in [0.25, 0.3) is 0 Å². The van der Waals surface area contributed by atoms with E-state index in [-0.39, 0.29) is 12.1 Å². The van der Waals surface area contributed by atoms with Crippen LogP contribution in [0.1, 0.15) is 12.8 Å². The van der Waals surface area contributed by atoms with Crippen LogP contribution < -0.4 is 10.6 Å². The highest BCUT2D eigenvalue weighted by atomic mass is 32.1. The lowest BCUT2D eigenvalue weighted by molar-refractivity contribution is 0.216. The Morgan fingerprint density at radius 3 is 3.25 bits per heavy atom. The number of nitrogens with zero attached hydrogens (tertiary/aromatic N) is 3. The number of likely N-dealkylation sites (N-methyl/N-ethyl adjacent to an activating group) is 1. The molecule has 0 bridgehead atoms. The molecule has 1 aliphatic rings. The van der Waals surface area contributed by atoms with Gasteiger partial charge in [-0.05, 0) is 26.4 Å². The Hall–Kier alpha value is -1.21. The first kappa shape index (κ1) is 11.3. The number of amides is 2. The van der Waals surface area contributed by atoms with Crippen molar-refractivity contribution in [2.45, 2.75) is 18.9 Å². The topological polar surface area (TPSA) is 70.2 Å². The molecular weight excluding hydrogens is 226 g/mol. The Balaban J connectivity index is 1.78. The van der Waals surface area contributed by atoms with Crippen LogP contribution in [-0.2, 0) is 0 Å². The second kappa shape index (κ2) is 5.22. The van der Waals surface area contributed by atoms with Crippen LogP contribution in [0.3, 0.4) is 0 Å². The molecule has 0 aliphatic carbocycles. The second-order valence-corrected chi connectivity index (χ2v) is 4.78. The van der Waals surface area contributed by atoms with Crippen molar-refractivity contribution in [3.63, 3.8) is 0 Å². The Labute approximate surface area is 98.0 Å². The fraction of sp³-hybridized carbons (Fsp3) is 0.667. The van der Waals surface area contributed by atoms with Crippen LogP contribution in [0.15, 0.2) is 5.51 Å². The average molecular weight is 241 g/mol.